The van der Waals surface area contributed by atoms with Crippen molar-refractivity contribution in [1.82, 2.24) is 4.90 Å². The van der Waals surface area contributed by atoms with Gasteiger partial charge in [0.05, 0.1) is 11.1 Å². The minimum atomic E-state index is 0.0101. The van der Waals surface area contributed by atoms with Gasteiger partial charge in [-0.1, -0.05) is 80.3 Å². The zero-order valence-electron chi connectivity index (χ0n) is 19.6. The average Bonchev–Trinajstić information content (AvgIpc) is 3.61. The first-order valence-corrected chi connectivity index (χ1v) is 12.8. The number of hydrogen-bond acceptors (Lipinski definition) is 2. The molecule has 2 unspecified atom stereocenters. The van der Waals surface area contributed by atoms with Crippen LogP contribution >= 0.6 is 0 Å². The highest BCUT2D eigenvalue weighted by Crippen LogP contribution is 2.58. The highest BCUT2D eigenvalue weighted by Gasteiger charge is 2.55. The van der Waals surface area contributed by atoms with Crippen LogP contribution in [0.25, 0.3) is 0 Å². The first-order valence-electron chi connectivity index (χ1n) is 12.8. The Morgan fingerprint density at radius 2 is 1.44 bits per heavy atom. The molecule has 0 spiro atoms. The number of aryl methyl sites for hydroxylation is 1. The van der Waals surface area contributed by atoms with Gasteiger partial charge >= 0.3 is 0 Å². The summed E-state index contributed by atoms with van der Waals surface area (Å²) in [5, 5.41) is 0. The molecule has 32 heavy (non-hydrogen) atoms. The minimum absolute atomic E-state index is 0.0101. The lowest BCUT2D eigenvalue weighted by Crippen LogP contribution is -2.43. The number of benzene rings is 2. The van der Waals surface area contributed by atoms with E-state index in [0.717, 1.165) is 5.92 Å². The molecule has 2 nitrogen and oxygen atoms in total. The van der Waals surface area contributed by atoms with Crippen LogP contribution in [0.3, 0.4) is 0 Å². The van der Waals surface area contributed by atoms with Gasteiger partial charge in [-0.25, -0.2) is 0 Å². The van der Waals surface area contributed by atoms with Gasteiger partial charge in [0.15, 0.2) is 0 Å². The lowest BCUT2D eigenvalue weighted by Gasteiger charge is -2.39. The lowest BCUT2D eigenvalue weighted by atomic mass is 9.67. The van der Waals surface area contributed by atoms with Crippen molar-refractivity contribution in [3.63, 3.8) is 0 Å². The van der Waals surface area contributed by atoms with Gasteiger partial charge in [0.2, 0.25) is 0 Å². The van der Waals surface area contributed by atoms with Crippen molar-refractivity contribution in [3.05, 3.63) is 89.4 Å². The van der Waals surface area contributed by atoms with Gasteiger partial charge in [0.1, 0.15) is 6.17 Å². The Hall–Kier alpha value is -2.48. The third-order valence-electron chi connectivity index (χ3n) is 8.85. The largest absolute Gasteiger partial charge is 0.328 e. The molecule has 2 atom stereocenters. The van der Waals surface area contributed by atoms with Gasteiger partial charge in [-0.3, -0.25) is 0 Å². The Morgan fingerprint density at radius 3 is 2.16 bits per heavy atom. The Bertz CT molecular complexity index is 1040. The summed E-state index contributed by atoms with van der Waals surface area (Å²) in [5.41, 5.74) is 7.30. The van der Waals surface area contributed by atoms with Crippen LogP contribution in [0.15, 0.2) is 78.3 Å². The van der Waals surface area contributed by atoms with Crippen molar-refractivity contribution in [1.29, 1.82) is 0 Å². The van der Waals surface area contributed by atoms with E-state index < -0.39 is 0 Å². The fourth-order valence-corrected chi connectivity index (χ4v) is 7.45. The van der Waals surface area contributed by atoms with Gasteiger partial charge < -0.3 is 9.80 Å². The number of rotatable bonds is 4. The molecule has 4 aliphatic rings. The summed E-state index contributed by atoms with van der Waals surface area (Å²) in [7, 11) is 0. The monoisotopic (exact) mass is 424 g/mol. The molecule has 2 aliphatic carbocycles. The van der Waals surface area contributed by atoms with E-state index in [0.29, 0.717) is 12.1 Å². The second-order valence-electron chi connectivity index (χ2n) is 10.5. The fourth-order valence-electron chi connectivity index (χ4n) is 7.45. The summed E-state index contributed by atoms with van der Waals surface area (Å²) < 4.78 is 0. The van der Waals surface area contributed by atoms with Crippen molar-refractivity contribution in [2.45, 2.75) is 76.8 Å². The SMILES string of the molecule is CC1=C2N(C=CC2(c2ccccc2)C2CCCC2)C(C2CCCC2)N1c1ccccc1C. The van der Waals surface area contributed by atoms with Crippen LogP contribution in [0.1, 0.15) is 69.4 Å². The normalized spacial score (nSPS) is 28.4. The van der Waals surface area contributed by atoms with E-state index in [1.807, 2.05) is 0 Å². The molecular weight excluding hydrogens is 388 g/mol. The molecule has 0 saturated heterocycles. The Kier molecular flexibility index (Phi) is 4.93. The predicted octanol–water partition coefficient (Wildman–Crippen LogP) is 7.52. The maximum Gasteiger partial charge on any atom is 0.113 e. The summed E-state index contributed by atoms with van der Waals surface area (Å²) in [4.78, 5) is 5.43. The Labute approximate surface area is 193 Å². The lowest BCUT2D eigenvalue weighted by molar-refractivity contribution is 0.248. The fraction of sp³-hybridized carbons (Fsp3) is 0.467. The van der Waals surface area contributed by atoms with Crippen LogP contribution in [0.5, 0.6) is 0 Å². The van der Waals surface area contributed by atoms with Crippen LogP contribution in [-0.4, -0.2) is 11.1 Å². The summed E-state index contributed by atoms with van der Waals surface area (Å²) in [6.45, 7) is 4.68. The molecule has 0 N–H and O–H groups in total. The Balaban J connectivity index is 1.55. The number of hydrogen-bond donors (Lipinski definition) is 0. The smallest absolute Gasteiger partial charge is 0.113 e. The van der Waals surface area contributed by atoms with E-state index in [1.165, 1.54) is 73.9 Å². The molecule has 0 amide bonds. The number of fused-ring (bicyclic) bond motifs is 1. The molecule has 2 aromatic carbocycles. The predicted molar refractivity (Wildman–Crippen MR) is 133 cm³/mol. The minimum Gasteiger partial charge on any atom is -0.328 e. The van der Waals surface area contributed by atoms with Crippen molar-refractivity contribution >= 4 is 5.69 Å². The molecule has 0 radical (unpaired) electrons. The summed E-state index contributed by atoms with van der Waals surface area (Å²) in [6, 6.07) is 20.4. The molecule has 2 aliphatic heterocycles. The zero-order valence-corrected chi connectivity index (χ0v) is 19.6. The molecule has 0 bridgehead atoms. The van der Waals surface area contributed by atoms with Crippen molar-refractivity contribution < 1.29 is 0 Å². The third-order valence-corrected chi connectivity index (χ3v) is 8.85. The van der Waals surface area contributed by atoms with Gasteiger partial charge in [-0.05, 0) is 68.6 Å². The second-order valence-corrected chi connectivity index (χ2v) is 10.5. The number of anilines is 1. The van der Waals surface area contributed by atoms with E-state index in [2.05, 4.69) is 90.5 Å². The number of allylic oxidation sites excluding steroid dienone is 2. The van der Waals surface area contributed by atoms with Crippen molar-refractivity contribution in [2.75, 3.05) is 4.90 Å². The molecular formula is C30H36N2. The second kappa shape index (κ2) is 7.83. The van der Waals surface area contributed by atoms with E-state index in [1.54, 1.807) is 5.70 Å². The highest BCUT2D eigenvalue weighted by atomic mass is 15.4. The van der Waals surface area contributed by atoms with E-state index in [4.69, 9.17) is 0 Å². The number of para-hydroxylation sites is 1. The standard InChI is InChI=1S/C30H36N2/c1-22-12-6-11-19-27(22)32-23(2)28-30(26-17-9-10-18-26,25-15-4-3-5-16-25)20-21-31(28)29(32)24-13-7-8-14-24/h3-6,11-12,15-16,19-21,24,26,29H,7-10,13-14,17-18H2,1-2H3. The summed E-state index contributed by atoms with van der Waals surface area (Å²) in [5.74, 6) is 1.42. The molecule has 2 heterocycles. The zero-order chi connectivity index (χ0) is 21.7. The van der Waals surface area contributed by atoms with E-state index in [9.17, 15) is 0 Å². The van der Waals surface area contributed by atoms with Crippen LogP contribution in [0, 0.1) is 18.8 Å². The molecule has 2 saturated carbocycles. The van der Waals surface area contributed by atoms with Gasteiger partial charge in [0.25, 0.3) is 0 Å². The maximum absolute atomic E-state index is 2.72. The van der Waals surface area contributed by atoms with Crippen LogP contribution in [-0.2, 0) is 5.41 Å². The summed E-state index contributed by atoms with van der Waals surface area (Å²) >= 11 is 0. The van der Waals surface area contributed by atoms with Gasteiger partial charge in [-0.2, -0.15) is 0 Å². The van der Waals surface area contributed by atoms with E-state index >= 15 is 0 Å². The topological polar surface area (TPSA) is 6.48 Å². The maximum atomic E-state index is 2.72. The van der Waals surface area contributed by atoms with Crippen molar-refractivity contribution in [3.8, 4) is 0 Å². The molecule has 166 valence electrons. The van der Waals surface area contributed by atoms with Crippen molar-refractivity contribution in [2.24, 2.45) is 11.8 Å². The van der Waals surface area contributed by atoms with Gasteiger partial charge in [-0.15, -0.1) is 0 Å². The van der Waals surface area contributed by atoms with Crippen LogP contribution in [0.4, 0.5) is 5.69 Å². The quantitative estimate of drug-likeness (QED) is 0.501. The first kappa shape index (κ1) is 20.1. The average molecular weight is 425 g/mol. The molecule has 6 rings (SSSR count). The van der Waals surface area contributed by atoms with Gasteiger partial charge in [0, 0.05) is 17.6 Å². The molecule has 2 aromatic rings. The third kappa shape index (κ3) is 2.84. The van der Waals surface area contributed by atoms with Crippen LogP contribution in [0.2, 0.25) is 0 Å². The molecule has 0 aromatic heterocycles. The Morgan fingerprint density at radius 1 is 0.781 bits per heavy atom. The van der Waals surface area contributed by atoms with Crippen LogP contribution < -0.4 is 4.90 Å². The molecule has 2 heteroatoms. The summed E-state index contributed by atoms with van der Waals surface area (Å²) in [6.07, 6.45) is 16.3. The highest BCUT2D eigenvalue weighted by molar-refractivity contribution is 5.65. The van der Waals surface area contributed by atoms with E-state index in [-0.39, 0.29) is 5.41 Å². The first-order chi connectivity index (χ1) is 15.7. The number of nitrogens with zero attached hydrogens (tertiary/aromatic N) is 2. The molecule has 2 fully saturated rings.